The first kappa shape index (κ1) is 15.8. The summed E-state index contributed by atoms with van der Waals surface area (Å²) in [5.74, 6) is 4.75. The Bertz CT molecular complexity index is 961. The lowest BCUT2D eigenvalue weighted by atomic mass is 10.2. The highest BCUT2D eigenvalue weighted by atomic mass is 35.5. The molecule has 0 unspecified atom stereocenters. The normalized spacial score (nSPS) is 11.1. The van der Waals surface area contributed by atoms with Gasteiger partial charge in [0.2, 0.25) is 0 Å². The van der Waals surface area contributed by atoms with Crippen LogP contribution in [0.15, 0.2) is 46.3 Å². The maximum atomic E-state index is 13.6. The molecule has 2 aromatic carbocycles. The summed E-state index contributed by atoms with van der Waals surface area (Å²) in [7, 11) is 0. The number of hydrogen-bond acceptors (Lipinski definition) is 4. The van der Waals surface area contributed by atoms with Crippen molar-refractivity contribution in [1.82, 2.24) is 9.66 Å². The van der Waals surface area contributed by atoms with Crippen molar-refractivity contribution >= 4 is 34.3 Å². The van der Waals surface area contributed by atoms with E-state index < -0.39 is 17.2 Å². The van der Waals surface area contributed by atoms with Crippen LogP contribution in [0.1, 0.15) is 5.56 Å². The molecule has 1 heterocycles. The summed E-state index contributed by atoms with van der Waals surface area (Å²) in [6, 6.07) is 7.84. The monoisotopic (exact) mass is 353 g/mol. The Morgan fingerprint density at radius 3 is 2.78 bits per heavy atom. The van der Waals surface area contributed by atoms with E-state index in [4.69, 9.17) is 17.4 Å². The molecule has 1 aromatic heterocycles. The molecule has 8 heteroatoms. The number of benzene rings is 2. The molecule has 4 nitrogen and oxygen atoms in total. The Kier molecular flexibility index (Phi) is 4.23. The molecule has 0 atom stereocenters. The summed E-state index contributed by atoms with van der Waals surface area (Å²) in [5, 5.41) is 0.956. The predicted octanol–water partition coefficient (Wildman–Crippen LogP) is 3.33. The van der Waals surface area contributed by atoms with Gasteiger partial charge in [0.25, 0.3) is 5.56 Å². The number of nitrogens with two attached hydrogens (primary N) is 1. The minimum absolute atomic E-state index is 0.0826. The van der Waals surface area contributed by atoms with Crippen LogP contribution in [-0.4, -0.2) is 9.66 Å². The van der Waals surface area contributed by atoms with Crippen molar-refractivity contribution in [2.75, 3.05) is 5.84 Å². The SMILES string of the molecule is Nn1c(SCc2cc(F)ccc2F)nc2cc(Cl)ccc2c1=O. The highest BCUT2D eigenvalue weighted by molar-refractivity contribution is 7.98. The van der Waals surface area contributed by atoms with Crippen LogP contribution >= 0.6 is 23.4 Å². The lowest BCUT2D eigenvalue weighted by Gasteiger charge is -2.09. The van der Waals surface area contributed by atoms with Crippen molar-refractivity contribution in [3.8, 4) is 0 Å². The van der Waals surface area contributed by atoms with Crippen LogP contribution in [0.5, 0.6) is 0 Å². The van der Waals surface area contributed by atoms with Gasteiger partial charge in [0.05, 0.1) is 10.9 Å². The standard InChI is InChI=1S/C15H10ClF2N3OS/c16-9-1-3-11-13(6-9)20-15(21(19)14(11)22)23-7-8-5-10(17)2-4-12(8)18/h1-6H,7,19H2. The van der Waals surface area contributed by atoms with Gasteiger partial charge in [-0.05, 0) is 36.4 Å². The van der Waals surface area contributed by atoms with Crippen molar-refractivity contribution < 1.29 is 8.78 Å². The lowest BCUT2D eigenvalue weighted by Crippen LogP contribution is -2.29. The fraction of sp³-hybridized carbons (Fsp3) is 0.0667. The summed E-state index contributed by atoms with van der Waals surface area (Å²) < 4.78 is 27.7. The van der Waals surface area contributed by atoms with Gasteiger partial charge in [-0.25, -0.2) is 18.4 Å². The van der Waals surface area contributed by atoms with E-state index in [2.05, 4.69) is 4.98 Å². The number of rotatable bonds is 3. The number of hydrogen-bond donors (Lipinski definition) is 1. The largest absolute Gasteiger partial charge is 0.334 e. The van der Waals surface area contributed by atoms with Crippen LogP contribution in [0.25, 0.3) is 10.9 Å². The number of fused-ring (bicyclic) bond motifs is 1. The maximum Gasteiger partial charge on any atom is 0.280 e. The van der Waals surface area contributed by atoms with Gasteiger partial charge in [0.15, 0.2) is 5.16 Å². The molecule has 0 aliphatic rings. The topological polar surface area (TPSA) is 60.9 Å². The van der Waals surface area contributed by atoms with Gasteiger partial charge in [-0.15, -0.1) is 0 Å². The third-order valence-electron chi connectivity index (χ3n) is 3.20. The molecular formula is C15H10ClF2N3OS. The molecule has 0 bridgehead atoms. The fourth-order valence-electron chi connectivity index (χ4n) is 2.05. The maximum absolute atomic E-state index is 13.6. The van der Waals surface area contributed by atoms with E-state index >= 15 is 0 Å². The molecule has 0 spiro atoms. The van der Waals surface area contributed by atoms with Crippen molar-refractivity contribution in [3.63, 3.8) is 0 Å². The number of halogens is 3. The van der Waals surface area contributed by atoms with Crippen LogP contribution in [0.2, 0.25) is 5.02 Å². The molecule has 0 aliphatic carbocycles. The van der Waals surface area contributed by atoms with Crippen molar-refractivity contribution in [2.45, 2.75) is 10.9 Å². The highest BCUT2D eigenvalue weighted by Crippen LogP contribution is 2.24. The molecule has 0 amide bonds. The second-order valence-electron chi connectivity index (χ2n) is 4.76. The van der Waals surface area contributed by atoms with Crippen molar-refractivity contribution in [2.24, 2.45) is 0 Å². The van der Waals surface area contributed by atoms with Gasteiger partial charge in [0, 0.05) is 16.3 Å². The van der Waals surface area contributed by atoms with Gasteiger partial charge >= 0.3 is 0 Å². The van der Waals surface area contributed by atoms with Gasteiger partial charge in [-0.3, -0.25) is 4.79 Å². The van der Waals surface area contributed by atoms with Crippen molar-refractivity contribution in [1.29, 1.82) is 0 Å². The van der Waals surface area contributed by atoms with Crippen LogP contribution in [0.3, 0.4) is 0 Å². The summed E-state index contributed by atoms with van der Waals surface area (Å²) in [5.41, 5.74) is 0.121. The molecular weight excluding hydrogens is 344 g/mol. The Morgan fingerprint density at radius 2 is 2.00 bits per heavy atom. The van der Waals surface area contributed by atoms with Crippen LogP contribution in [-0.2, 0) is 5.75 Å². The molecule has 118 valence electrons. The smallest absolute Gasteiger partial charge is 0.280 e. The Hall–Kier alpha value is -2.12. The minimum atomic E-state index is -0.537. The molecule has 3 rings (SSSR count). The number of nitrogen functional groups attached to an aromatic ring is 1. The van der Waals surface area contributed by atoms with E-state index in [-0.39, 0.29) is 16.5 Å². The van der Waals surface area contributed by atoms with Gasteiger partial charge in [-0.1, -0.05) is 23.4 Å². The van der Waals surface area contributed by atoms with E-state index in [1.165, 1.54) is 6.07 Å². The van der Waals surface area contributed by atoms with Crippen molar-refractivity contribution in [3.05, 3.63) is 69.0 Å². The highest BCUT2D eigenvalue weighted by Gasteiger charge is 2.12. The van der Waals surface area contributed by atoms with E-state index in [1.54, 1.807) is 12.1 Å². The second kappa shape index (κ2) is 6.17. The molecule has 0 saturated carbocycles. The van der Waals surface area contributed by atoms with Crippen LogP contribution < -0.4 is 11.4 Å². The number of nitrogens with zero attached hydrogens (tertiary/aromatic N) is 2. The summed E-state index contributed by atoms with van der Waals surface area (Å²) >= 11 is 6.93. The first-order valence-corrected chi connectivity index (χ1v) is 7.86. The number of aromatic nitrogens is 2. The van der Waals surface area contributed by atoms with Gasteiger partial charge in [0.1, 0.15) is 11.6 Å². The van der Waals surface area contributed by atoms with Gasteiger partial charge in [-0.2, -0.15) is 0 Å². The zero-order valence-electron chi connectivity index (χ0n) is 11.6. The zero-order valence-corrected chi connectivity index (χ0v) is 13.2. The van der Waals surface area contributed by atoms with E-state index in [0.29, 0.717) is 15.9 Å². The summed E-state index contributed by atoms with van der Waals surface area (Å²) in [6.07, 6.45) is 0. The molecule has 0 fully saturated rings. The average molecular weight is 354 g/mol. The van der Waals surface area contributed by atoms with Gasteiger partial charge < -0.3 is 5.84 Å². The van der Waals surface area contributed by atoms with Crippen LogP contribution in [0.4, 0.5) is 8.78 Å². The van der Waals surface area contributed by atoms with E-state index in [9.17, 15) is 13.6 Å². The van der Waals surface area contributed by atoms with E-state index in [0.717, 1.165) is 34.6 Å². The average Bonchev–Trinajstić information content (AvgIpc) is 2.52. The molecule has 23 heavy (non-hydrogen) atoms. The quantitative estimate of drug-likeness (QED) is 0.445. The Labute approximate surface area is 138 Å². The zero-order chi connectivity index (χ0) is 16.6. The predicted molar refractivity (Wildman–Crippen MR) is 87.1 cm³/mol. The first-order chi connectivity index (χ1) is 11.0. The van der Waals surface area contributed by atoms with Crippen LogP contribution in [0, 0.1) is 11.6 Å². The Morgan fingerprint density at radius 1 is 1.22 bits per heavy atom. The minimum Gasteiger partial charge on any atom is -0.334 e. The third kappa shape index (κ3) is 3.16. The molecule has 0 aliphatic heterocycles. The second-order valence-corrected chi connectivity index (χ2v) is 6.13. The molecule has 3 aromatic rings. The third-order valence-corrected chi connectivity index (χ3v) is 4.43. The molecule has 0 saturated heterocycles. The molecule has 2 N–H and O–H groups in total. The lowest BCUT2D eigenvalue weighted by molar-refractivity contribution is 0.591. The molecule has 0 radical (unpaired) electrons. The summed E-state index contributed by atoms with van der Waals surface area (Å²) in [4.78, 5) is 16.5. The van der Waals surface area contributed by atoms with E-state index in [1.807, 2.05) is 0 Å². The Balaban J connectivity index is 1.98. The fourth-order valence-corrected chi connectivity index (χ4v) is 3.11. The number of thioether (sulfide) groups is 1. The first-order valence-electron chi connectivity index (χ1n) is 6.50. The summed E-state index contributed by atoms with van der Waals surface area (Å²) in [6.45, 7) is 0.